The second-order valence-corrected chi connectivity index (χ2v) is 6.42. The Balaban J connectivity index is 2.82. The molecule has 0 aliphatic heterocycles. The van der Waals surface area contributed by atoms with Gasteiger partial charge in [-0.1, -0.05) is 62.0 Å². The van der Waals surface area contributed by atoms with E-state index in [2.05, 4.69) is 45.1 Å². The topological polar surface area (TPSA) is 37.3 Å². The Hall–Kier alpha value is -2.09. The van der Waals surface area contributed by atoms with Crippen LogP contribution < -0.4 is 0 Å². The van der Waals surface area contributed by atoms with Gasteiger partial charge >= 0.3 is 5.97 Å². The smallest absolute Gasteiger partial charge is 0.328 e. The van der Waals surface area contributed by atoms with Gasteiger partial charge in [0, 0.05) is 6.08 Å². The summed E-state index contributed by atoms with van der Waals surface area (Å²) in [4.78, 5) is 10.5. The molecular weight excluding hydrogens is 272 g/mol. The molecule has 1 rings (SSSR count). The van der Waals surface area contributed by atoms with Crippen LogP contribution >= 0.6 is 0 Å². The van der Waals surface area contributed by atoms with Gasteiger partial charge in [-0.3, -0.25) is 0 Å². The van der Waals surface area contributed by atoms with Crippen molar-refractivity contribution < 1.29 is 9.90 Å². The molecule has 2 nitrogen and oxygen atoms in total. The van der Waals surface area contributed by atoms with E-state index in [9.17, 15) is 4.79 Å². The van der Waals surface area contributed by atoms with Crippen molar-refractivity contribution in [2.24, 2.45) is 5.41 Å². The van der Waals surface area contributed by atoms with Crippen LogP contribution in [0.4, 0.5) is 0 Å². The SMILES string of the molecule is CC(C=CC1=C(C)C=CCC1(C)C)=CC=CC(C)=CC(=O)O. The molecule has 0 heterocycles. The summed E-state index contributed by atoms with van der Waals surface area (Å²) >= 11 is 0. The van der Waals surface area contributed by atoms with E-state index in [0.717, 1.165) is 17.6 Å². The lowest BCUT2D eigenvalue weighted by molar-refractivity contribution is -0.131. The number of carboxylic acids is 1. The average Bonchev–Trinajstić information content (AvgIpc) is 2.36. The Morgan fingerprint density at radius 2 is 1.91 bits per heavy atom. The highest BCUT2D eigenvalue weighted by Crippen LogP contribution is 2.37. The van der Waals surface area contributed by atoms with Gasteiger partial charge in [0.25, 0.3) is 0 Å². The second kappa shape index (κ2) is 7.79. The highest BCUT2D eigenvalue weighted by Gasteiger charge is 2.23. The molecule has 0 saturated heterocycles. The Morgan fingerprint density at radius 1 is 1.23 bits per heavy atom. The lowest BCUT2D eigenvalue weighted by atomic mass is 9.75. The molecule has 0 amide bonds. The van der Waals surface area contributed by atoms with Gasteiger partial charge in [0.2, 0.25) is 0 Å². The molecule has 0 aromatic carbocycles. The van der Waals surface area contributed by atoms with Crippen LogP contribution in [0, 0.1) is 5.41 Å². The van der Waals surface area contributed by atoms with Crippen molar-refractivity contribution in [3.63, 3.8) is 0 Å². The van der Waals surface area contributed by atoms with Gasteiger partial charge in [0.05, 0.1) is 0 Å². The first-order valence-corrected chi connectivity index (χ1v) is 7.54. The van der Waals surface area contributed by atoms with E-state index in [1.807, 2.05) is 19.1 Å². The molecule has 22 heavy (non-hydrogen) atoms. The van der Waals surface area contributed by atoms with E-state index in [1.54, 1.807) is 13.0 Å². The molecule has 1 aliphatic carbocycles. The third-order valence-electron chi connectivity index (χ3n) is 3.73. The van der Waals surface area contributed by atoms with Crippen LogP contribution in [0.3, 0.4) is 0 Å². The molecule has 0 radical (unpaired) electrons. The summed E-state index contributed by atoms with van der Waals surface area (Å²) in [5.74, 6) is -0.919. The fourth-order valence-corrected chi connectivity index (χ4v) is 2.49. The number of allylic oxidation sites excluding steroid dienone is 11. The molecule has 0 fully saturated rings. The number of aliphatic carboxylic acids is 1. The fraction of sp³-hybridized carbons (Fsp3) is 0.350. The predicted molar refractivity (Wildman–Crippen MR) is 93.7 cm³/mol. The summed E-state index contributed by atoms with van der Waals surface area (Å²) in [6.45, 7) is 10.5. The van der Waals surface area contributed by atoms with Crippen LogP contribution in [-0.4, -0.2) is 11.1 Å². The summed E-state index contributed by atoms with van der Waals surface area (Å²) in [7, 11) is 0. The zero-order chi connectivity index (χ0) is 16.8. The molecule has 1 N–H and O–H groups in total. The number of carboxylic acid groups (broad SMARTS) is 1. The first-order valence-electron chi connectivity index (χ1n) is 7.54. The van der Waals surface area contributed by atoms with Gasteiger partial charge in [-0.25, -0.2) is 4.79 Å². The summed E-state index contributed by atoms with van der Waals surface area (Å²) in [6.07, 6.45) is 16.6. The number of hydrogen-bond acceptors (Lipinski definition) is 1. The van der Waals surface area contributed by atoms with Crippen molar-refractivity contribution in [1.29, 1.82) is 0 Å². The van der Waals surface area contributed by atoms with Gasteiger partial charge in [-0.2, -0.15) is 0 Å². The van der Waals surface area contributed by atoms with Gasteiger partial charge in [0.15, 0.2) is 0 Å². The molecule has 0 saturated carbocycles. The maximum Gasteiger partial charge on any atom is 0.328 e. The van der Waals surface area contributed by atoms with Crippen LogP contribution in [-0.2, 0) is 4.79 Å². The summed E-state index contributed by atoms with van der Waals surface area (Å²) in [5.41, 5.74) is 4.71. The first-order chi connectivity index (χ1) is 10.2. The van der Waals surface area contributed by atoms with E-state index in [4.69, 9.17) is 5.11 Å². The molecule has 0 aromatic rings. The molecule has 0 spiro atoms. The molecule has 118 valence electrons. The third kappa shape index (κ3) is 5.72. The van der Waals surface area contributed by atoms with Gasteiger partial charge in [-0.05, 0) is 49.3 Å². The Morgan fingerprint density at radius 3 is 2.50 bits per heavy atom. The zero-order valence-corrected chi connectivity index (χ0v) is 14.2. The van der Waals surface area contributed by atoms with Crippen LogP contribution in [0.25, 0.3) is 0 Å². The minimum atomic E-state index is -0.919. The quantitative estimate of drug-likeness (QED) is 0.546. The van der Waals surface area contributed by atoms with Crippen molar-refractivity contribution >= 4 is 5.97 Å². The number of rotatable bonds is 5. The zero-order valence-electron chi connectivity index (χ0n) is 14.2. The standard InChI is InChI=1S/C20H26O2/c1-15(8-6-9-16(2)14-19(21)22)11-12-18-17(3)10-7-13-20(18,4)5/h6-12,14H,13H2,1-5H3,(H,21,22). The van der Waals surface area contributed by atoms with E-state index in [1.165, 1.54) is 17.2 Å². The Bertz CT molecular complexity index is 606. The lowest BCUT2D eigenvalue weighted by Gasteiger charge is -2.29. The predicted octanol–water partition coefficient (Wildman–Crippen LogP) is 5.38. The third-order valence-corrected chi connectivity index (χ3v) is 3.73. The average molecular weight is 298 g/mol. The van der Waals surface area contributed by atoms with Gasteiger partial charge in [0.1, 0.15) is 0 Å². The Labute approximate surface area is 133 Å². The maximum absolute atomic E-state index is 10.5. The molecular formula is C20H26O2. The van der Waals surface area contributed by atoms with Gasteiger partial charge in [-0.15, -0.1) is 0 Å². The van der Waals surface area contributed by atoms with Crippen molar-refractivity contribution in [2.45, 2.75) is 41.0 Å². The fourth-order valence-electron chi connectivity index (χ4n) is 2.49. The Kier molecular flexibility index (Phi) is 6.36. The summed E-state index contributed by atoms with van der Waals surface area (Å²) in [5, 5.41) is 8.65. The molecule has 0 unspecified atom stereocenters. The van der Waals surface area contributed by atoms with Gasteiger partial charge < -0.3 is 5.11 Å². The number of hydrogen-bond donors (Lipinski definition) is 1. The highest BCUT2D eigenvalue weighted by molar-refractivity contribution is 5.81. The van der Waals surface area contributed by atoms with Crippen molar-refractivity contribution in [1.82, 2.24) is 0 Å². The number of carbonyl (C=O) groups is 1. The van der Waals surface area contributed by atoms with E-state index >= 15 is 0 Å². The van der Waals surface area contributed by atoms with E-state index in [0.29, 0.717) is 0 Å². The summed E-state index contributed by atoms with van der Waals surface area (Å²) in [6, 6.07) is 0. The minimum absolute atomic E-state index is 0.173. The second-order valence-electron chi connectivity index (χ2n) is 6.42. The first kappa shape index (κ1) is 18.0. The van der Waals surface area contributed by atoms with Crippen LogP contribution in [0.15, 0.2) is 70.9 Å². The normalized spacial score (nSPS) is 19.5. The van der Waals surface area contributed by atoms with E-state index in [-0.39, 0.29) is 5.41 Å². The lowest BCUT2D eigenvalue weighted by Crippen LogP contribution is -2.16. The monoisotopic (exact) mass is 298 g/mol. The van der Waals surface area contributed by atoms with Crippen LogP contribution in [0.2, 0.25) is 0 Å². The summed E-state index contributed by atoms with van der Waals surface area (Å²) < 4.78 is 0. The van der Waals surface area contributed by atoms with Crippen LogP contribution in [0.5, 0.6) is 0 Å². The molecule has 2 heteroatoms. The largest absolute Gasteiger partial charge is 0.478 e. The maximum atomic E-state index is 10.5. The van der Waals surface area contributed by atoms with Crippen molar-refractivity contribution in [3.05, 3.63) is 70.9 Å². The molecule has 0 bridgehead atoms. The van der Waals surface area contributed by atoms with Crippen molar-refractivity contribution in [3.8, 4) is 0 Å². The molecule has 0 aromatic heterocycles. The van der Waals surface area contributed by atoms with E-state index < -0.39 is 5.97 Å². The van der Waals surface area contributed by atoms with Crippen LogP contribution in [0.1, 0.15) is 41.0 Å². The molecule has 0 atom stereocenters. The minimum Gasteiger partial charge on any atom is -0.478 e. The van der Waals surface area contributed by atoms with Crippen molar-refractivity contribution in [2.75, 3.05) is 0 Å². The highest BCUT2D eigenvalue weighted by atomic mass is 16.4. The molecule has 1 aliphatic rings.